The van der Waals surface area contributed by atoms with Gasteiger partial charge >= 0.3 is 0 Å². The second-order valence-corrected chi connectivity index (χ2v) is 9.68. The third-order valence-corrected chi connectivity index (χ3v) is 5.89. The Hall–Kier alpha value is -2.52. The van der Waals surface area contributed by atoms with Gasteiger partial charge in [-0.2, -0.15) is 0 Å². The van der Waals surface area contributed by atoms with Crippen molar-refractivity contribution in [3.8, 4) is 0 Å². The third-order valence-electron chi connectivity index (χ3n) is 4.17. The van der Waals surface area contributed by atoms with Crippen molar-refractivity contribution in [2.45, 2.75) is 39.3 Å². The maximum absolute atomic E-state index is 13.0. The van der Waals surface area contributed by atoms with Crippen molar-refractivity contribution in [3.05, 3.63) is 47.4 Å². The fourth-order valence-corrected chi connectivity index (χ4v) is 3.55. The van der Waals surface area contributed by atoms with E-state index >= 15 is 0 Å². The molecule has 30 heavy (non-hydrogen) atoms. The standard InChI is InChI=1S/C20H26ClN5O3S/c1-6-16-19(24-14(5)21)26(12-13(3)4)20(27)18(25-16)23-11-15-8-9-17(22-10-15)30(28,29)7-2/h6,8-10,13H,5,7,11-12H2,1-4H3,(H,23,25)/b16-6+,24-19+. The van der Waals surface area contributed by atoms with Crippen molar-refractivity contribution in [2.75, 3.05) is 12.3 Å². The highest BCUT2D eigenvalue weighted by atomic mass is 35.5. The second-order valence-electron chi connectivity index (χ2n) is 7.02. The lowest BCUT2D eigenvalue weighted by Crippen LogP contribution is -2.51. The number of allylic oxidation sites excluding steroid dienone is 1. The maximum Gasteiger partial charge on any atom is 0.294 e. The van der Waals surface area contributed by atoms with E-state index < -0.39 is 9.84 Å². The van der Waals surface area contributed by atoms with Crippen molar-refractivity contribution < 1.29 is 13.2 Å². The Bertz CT molecular complexity index is 1010. The number of halogens is 1. The quantitative estimate of drug-likeness (QED) is 0.642. The van der Waals surface area contributed by atoms with E-state index in [1.54, 1.807) is 26.0 Å². The number of nitrogens with one attached hydrogen (secondary N) is 1. The third kappa shape index (κ3) is 5.76. The molecule has 0 aliphatic carbocycles. The molecule has 162 valence electrons. The van der Waals surface area contributed by atoms with E-state index in [0.29, 0.717) is 23.6 Å². The van der Waals surface area contributed by atoms with Gasteiger partial charge < -0.3 is 5.32 Å². The molecule has 8 nitrogen and oxygen atoms in total. The largest absolute Gasteiger partial charge is 0.361 e. The highest BCUT2D eigenvalue weighted by Crippen LogP contribution is 2.18. The fraction of sp³-hybridized carbons (Fsp3) is 0.400. The number of sulfone groups is 1. The average molecular weight is 452 g/mol. The Labute approximate surface area is 182 Å². The van der Waals surface area contributed by atoms with Crippen molar-refractivity contribution >= 4 is 39.0 Å². The molecule has 2 heterocycles. The van der Waals surface area contributed by atoms with Crippen LogP contribution in [0.5, 0.6) is 0 Å². The molecule has 1 N–H and O–H groups in total. The van der Waals surface area contributed by atoms with E-state index in [1.807, 2.05) is 13.8 Å². The zero-order chi connectivity index (χ0) is 22.5. The van der Waals surface area contributed by atoms with Crippen LogP contribution in [0.25, 0.3) is 0 Å². The minimum absolute atomic E-state index is 0.0146. The van der Waals surface area contributed by atoms with E-state index in [9.17, 15) is 13.2 Å². The molecule has 0 radical (unpaired) electrons. The molecular weight excluding hydrogens is 426 g/mol. The SMILES string of the molecule is C=C(Cl)/N=C1\C(=C/C)N=C(NCc2ccc(S(=O)(=O)CC)nc2)C(=O)N1CC(C)C. The minimum Gasteiger partial charge on any atom is -0.361 e. The maximum atomic E-state index is 13.0. The van der Waals surface area contributed by atoms with E-state index in [1.165, 1.54) is 17.2 Å². The van der Waals surface area contributed by atoms with Crippen LogP contribution < -0.4 is 5.32 Å². The number of hydrogen-bond acceptors (Lipinski definition) is 7. The molecule has 0 saturated carbocycles. The normalized spacial score (nSPS) is 17.6. The fourth-order valence-electron chi connectivity index (χ4n) is 2.69. The first-order chi connectivity index (χ1) is 14.1. The van der Waals surface area contributed by atoms with Crippen LogP contribution in [0.2, 0.25) is 0 Å². The van der Waals surface area contributed by atoms with Gasteiger partial charge in [0.15, 0.2) is 26.5 Å². The molecule has 1 aliphatic rings. The van der Waals surface area contributed by atoms with Crippen molar-refractivity contribution in [1.82, 2.24) is 15.2 Å². The van der Waals surface area contributed by atoms with Gasteiger partial charge in [-0.05, 0) is 24.5 Å². The number of rotatable bonds is 7. The first-order valence-corrected chi connectivity index (χ1v) is 11.5. The zero-order valence-corrected chi connectivity index (χ0v) is 19.1. The number of carbonyl (C=O) groups excluding carboxylic acids is 1. The van der Waals surface area contributed by atoms with Crippen LogP contribution in [0.1, 0.15) is 33.3 Å². The van der Waals surface area contributed by atoms with E-state index in [-0.39, 0.29) is 40.1 Å². The summed E-state index contributed by atoms with van der Waals surface area (Å²) in [6, 6.07) is 3.11. The Morgan fingerprint density at radius 3 is 2.60 bits per heavy atom. The summed E-state index contributed by atoms with van der Waals surface area (Å²) in [5.74, 6) is 0.367. The average Bonchev–Trinajstić information content (AvgIpc) is 2.70. The minimum atomic E-state index is -3.36. The number of amidine groups is 2. The molecule has 0 aromatic carbocycles. The van der Waals surface area contributed by atoms with Crippen LogP contribution in [-0.2, 0) is 21.2 Å². The highest BCUT2D eigenvalue weighted by Gasteiger charge is 2.32. The lowest BCUT2D eigenvalue weighted by Gasteiger charge is -2.30. The van der Waals surface area contributed by atoms with Gasteiger partial charge in [0.05, 0.1) is 5.75 Å². The molecule has 0 fully saturated rings. The number of aliphatic imine (C=N–C) groups is 2. The molecule has 0 unspecified atom stereocenters. The molecule has 0 atom stereocenters. The van der Waals surface area contributed by atoms with Crippen molar-refractivity contribution in [3.63, 3.8) is 0 Å². The van der Waals surface area contributed by atoms with Gasteiger partial charge in [-0.1, -0.05) is 51.1 Å². The summed E-state index contributed by atoms with van der Waals surface area (Å²) < 4.78 is 23.8. The van der Waals surface area contributed by atoms with Crippen LogP contribution in [0, 0.1) is 5.92 Å². The smallest absolute Gasteiger partial charge is 0.294 e. The molecule has 1 aromatic rings. The topological polar surface area (TPSA) is 104 Å². The first kappa shape index (κ1) is 23.8. The Morgan fingerprint density at radius 2 is 2.10 bits per heavy atom. The predicted octanol–water partition coefficient (Wildman–Crippen LogP) is 2.87. The highest BCUT2D eigenvalue weighted by molar-refractivity contribution is 7.91. The van der Waals surface area contributed by atoms with Gasteiger partial charge in [0.1, 0.15) is 10.9 Å². The summed E-state index contributed by atoms with van der Waals surface area (Å²) in [5.41, 5.74) is 1.22. The summed E-state index contributed by atoms with van der Waals surface area (Å²) >= 11 is 5.85. The summed E-state index contributed by atoms with van der Waals surface area (Å²) in [6.07, 6.45) is 3.21. The van der Waals surface area contributed by atoms with Crippen molar-refractivity contribution in [2.24, 2.45) is 15.9 Å². The van der Waals surface area contributed by atoms with Gasteiger partial charge in [-0.15, -0.1) is 0 Å². The molecule has 0 saturated heterocycles. The van der Waals surface area contributed by atoms with Crippen LogP contribution in [0.3, 0.4) is 0 Å². The number of nitrogens with zero attached hydrogens (tertiary/aromatic N) is 4. The molecule has 10 heteroatoms. The molecule has 1 amide bonds. The molecule has 1 aliphatic heterocycles. The summed E-state index contributed by atoms with van der Waals surface area (Å²) in [7, 11) is -3.36. The van der Waals surface area contributed by atoms with Gasteiger partial charge in [0.25, 0.3) is 5.91 Å². The van der Waals surface area contributed by atoms with Gasteiger partial charge in [0, 0.05) is 19.3 Å². The Morgan fingerprint density at radius 1 is 1.40 bits per heavy atom. The summed E-state index contributed by atoms with van der Waals surface area (Å²) in [6.45, 7) is 11.6. The van der Waals surface area contributed by atoms with E-state index in [2.05, 4.69) is 26.9 Å². The van der Waals surface area contributed by atoms with E-state index in [0.717, 1.165) is 0 Å². The Kier molecular flexibility index (Phi) is 7.91. The number of amides is 1. The van der Waals surface area contributed by atoms with Crippen LogP contribution in [0.15, 0.2) is 56.8 Å². The summed E-state index contributed by atoms with van der Waals surface area (Å²) in [4.78, 5) is 27.1. The lowest BCUT2D eigenvalue weighted by molar-refractivity contribution is -0.121. The molecular formula is C20H26ClN5O3S. The number of hydrogen-bond donors (Lipinski definition) is 1. The van der Waals surface area contributed by atoms with Crippen LogP contribution in [0.4, 0.5) is 0 Å². The summed E-state index contributed by atoms with van der Waals surface area (Å²) in [5, 5.41) is 3.11. The number of aromatic nitrogens is 1. The predicted molar refractivity (Wildman–Crippen MR) is 119 cm³/mol. The van der Waals surface area contributed by atoms with Gasteiger partial charge in [-0.25, -0.2) is 23.4 Å². The lowest BCUT2D eigenvalue weighted by atomic mass is 10.1. The molecule has 2 rings (SSSR count). The first-order valence-electron chi connectivity index (χ1n) is 9.51. The number of pyridine rings is 1. The van der Waals surface area contributed by atoms with Crippen LogP contribution in [-0.4, -0.2) is 48.2 Å². The second kappa shape index (κ2) is 9.99. The zero-order valence-electron chi connectivity index (χ0n) is 17.5. The van der Waals surface area contributed by atoms with Crippen molar-refractivity contribution in [1.29, 1.82) is 0 Å². The molecule has 0 bridgehead atoms. The van der Waals surface area contributed by atoms with Gasteiger partial charge in [0.2, 0.25) is 0 Å². The molecule has 1 aromatic heterocycles. The monoisotopic (exact) mass is 451 g/mol. The number of carbonyl (C=O) groups is 1. The van der Waals surface area contributed by atoms with E-state index in [4.69, 9.17) is 11.6 Å². The Balaban J connectivity index is 2.27. The van der Waals surface area contributed by atoms with Gasteiger partial charge in [-0.3, -0.25) is 9.69 Å². The molecule has 0 spiro atoms. The van der Waals surface area contributed by atoms with Crippen LogP contribution >= 0.6 is 11.6 Å².